The van der Waals surface area contributed by atoms with Crippen LogP contribution in [0, 0.1) is 5.82 Å². The van der Waals surface area contributed by atoms with Gasteiger partial charge in [0.2, 0.25) is 5.91 Å². The average molecular weight is 224 g/mol. The van der Waals surface area contributed by atoms with E-state index in [1.54, 1.807) is 13.0 Å². The number of rotatable bonds is 4. The zero-order valence-electron chi connectivity index (χ0n) is 8.94. The first-order valence-corrected chi connectivity index (χ1v) is 4.88. The van der Waals surface area contributed by atoms with E-state index in [0.29, 0.717) is 6.54 Å². The number of halogens is 1. The number of hydrogen-bond acceptors (Lipinski definition) is 2. The number of hydrogen-bond donors (Lipinski definition) is 1. The Morgan fingerprint density at radius 1 is 1.38 bits per heavy atom. The molecular weight excluding hydrogens is 211 g/mol. The maximum absolute atomic E-state index is 13.3. The summed E-state index contributed by atoms with van der Waals surface area (Å²) >= 11 is 0. The smallest absolute Gasteiger partial charge is 0.257 e. The Morgan fingerprint density at radius 2 is 2.00 bits per heavy atom. The summed E-state index contributed by atoms with van der Waals surface area (Å²) in [7, 11) is 0. The Balaban J connectivity index is 2.91. The first-order chi connectivity index (χ1) is 7.56. The first kappa shape index (κ1) is 12.2. The molecule has 5 heteroatoms. The SMILES string of the molecule is CCN(CC(N)=O)C(=O)c1ccccc1F. The van der Waals surface area contributed by atoms with Crippen LogP contribution in [0.2, 0.25) is 0 Å². The van der Waals surface area contributed by atoms with Gasteiger partial charge in [-0.15, -0.1) is 0 Å². The quantitative estimate of drug-likeness (QED) is 0.821. The highest BCUT2D eigenvalue weighted by molar-refractivity contribution is 5.96. The van der Waals surface area contributed by atoms with Gasteiger partial charge in [0.25, 0.3) is 5.91 Å². The second kappa shape index (κ2) is 5.25. The summed E-state index contributed by atoms with van der Waals surface area (Å²) in [4.78, 5) is 23.7. The third kappa shape index (κ3) is 2.79. The summed E-state index contributed by atoms with van der Waals surface area (Å²) < 4.78 is 13.3. The molecule has 0 aliphatic carbocycles. The highest BCUT2D eigenvalue weighted by Crippen LogP contribution is 2.09. The molecule has 4 nitrogen and oxygen atoms in total. The molecule has 16 heavy (non-hydrogen) atoms. The van der Waals surface area contributed by atoms with Crippen LogP contribution >= 0.6 is 0 Å². The molecule has 2 amide bonds. The van der Waals surface area contributed by atoms with Crippen molar-refractivity contribution >= 4 is 11.8 Å². The van der Waals surface area contributed by atoms with Gasteiger partial charge in [-0.1, -0.05) is 12.1 Å². The fourth-order valence-corrected chi connectivity index (χ4v) is 1.32. The minimum Gasteiger partial charge on any atom is -0.368 e. The molecule has 0 bridgehead atoms. The molecule has 0 saturated carbocycles. The highest BCUT2D eigenvalue weighted by Gasteiger charge is 2.18. The lowest BCUT2D eigenvalue weighted by molar-refractivity contribution is -0.118. The van der Waals surface area contributed by atoms with Gasteiger partial charge in [0.05, 0.1) is 12.1 Å². The van der Waals surface area contributed by atoms with E-state index in [9.17, 15) is 14.0 Å². The van der Waals surface area contributed by atoms with Crippen molar-refractivity contribution in [2.45, 2.75) is 6.92 Å². The van der Waals surface area contributed by atoms with Crippen molar-refractivity contribution in [3.8, 4) is 0 Å². The maximum Gasteiger partial charge on any atom is 0.257 e. The number of amides is 2. The van der Waals surface area contributed by atoms with Crippen LogP contribution in [-0.4, -0.2) is 29.8 Å². The summed E-state index contributed by atoms with van der Waals surface area (Å²) in [6.07, 6.45) is 0. The number of nitrogens with zero attached hydrogens (tertiary/aromatic N) is 1. The predicted octanol–water partition coefficient (Wildman–Crippen LogP) is 0.773. The fourth-order valence-electron chi connectivity index (χ4n) is 1.32. The van der Waals surface area contributed by atoms with E-state index < -0.39 is 17.6 Å². The van der Waals surface area contributed by atoms with Crippen LogP contribution in [0.15, 0.2) is 24.3 Å². The Labute approximate surface area is 92.8 Å². The Hall–Kier alpha value is -1.91. The Kier molecular flexibility index (Phi) is 3.99. The van der Waals surface area contributed by atoms with Crippen molar-refractivity contribution < 1.29 is 14.0 Å². The predicted molar refractivity (Wildman–Crippen MR) is 57.2 cm³/mol. The lowest BCUT2D eigenvalue weighted by atomic mass is 10.2. The van der Waals surface area contributed by atoms with Gasteiger partial charge in [-0.2, -0.15) is 0 Å². The second-order valence-corrected chi connectivity index (χ2v) is 3.27. The van der Waals surface area contributed by atoms with E-state index in [-0.39, 0.29) is 12.1 Å². The average Bonchev–Trinajstić information content (AvgIpc) is 2.25. The van der Waals surface area contributed by atoms with Crippen LogP contribution in [0.4, 0.5) is 4.39 Å². The molecule has 0 aliphatic rings. The van der Waals surface area contributed by atoms with Gasteiger partial charge in [-0.05, 0) is 19.1 Å². The van der Waals surface area contributed by atoms with Crippen molar-refractivity contribution in [3.05, 3.63) is 35.6 Å². The molecule has 0 atom stereocenters. The van der Waals surface area contributed by atoms with Crippen molar-refractivity contribution in [2.24, 2.45) is 5.73 Å². The van der Waals surface area contributed by atoms with Gasteiger partial charge in [0.15, 0.2) is 0 Å². The number of carbonyl (C=O) groups is 2. The molecule has 0 spiro atoms. The number of primary amides is 1. The summed E-state index contributed by atoms with van der Waals surface area (Å²) in [6, 6.07) is 5.64. The molecule has 2 N–H and O–H groups in total. The lowest BCUT2D eigenvalue weighted by Crippen LogP contribution is -2.38. The molecule has 1 rings (SSSR count). The molecule has 0 aliphatic heterocycles. The molecule has 0 heterocycles. The van der Waals surface area contributed by atoms with Crippen LogP contribution in [0.25, 0.3) is 0 Å². The van der Waals surface area contributed by atoms with Crippen LogP contribution in [0.3, 0.4) is 0 Å². The molecule has 1 aromatic carbocycles. The Bertz CT molecular complexity index is 407. The van der Waals surface area contributed by atoms with Crippen LogP contribution < -0.4 is 5.73 Å². The van der Waals surface area contributed by atoms with Gasteiger partial charge in [-0.3, -0.25) is 9.59 Å². The van der Waals surface area contributed by atoms with E-state index in [0.717, 1.165) is 0 Å². The molecule has 86 valence electrons. The van der Waals surface area contributed by atoms with Crippen LogP contribution in [0.1, 0.15) is 17.3 Å². The van der Waals surface area contributed by atoms with E-state index >= 15 is 0 Å². The van der Waals surface area contributed by atoms with E-state index in [2.05, 4.69) is 0 Å². The van der Waals surface area contributed by atoms with Gasteiger partial charge in [0.1, 0.15) is 5.82 Å². The van der Waals surface area contributed by atoms with Gasteiger partial charge >= 0.3 is 0 Å². The van der Waals surface area contributed by atoms with E-state index in [1.807, 2.05) is 0 Å². The van der Waals surface area contributed by atoms with E-state index in [1.165, 1.54) is 23.1 Å². The van der Waals surface area contributed by atoms with Gasteiger partial charge in [-0.25, -0.2) is 4.39 Å². The largest absolute Gasteiger partial charge is 0.368 e. The molecule has 0 saturated heterocycles. The molecule has 0 radical (unpaired) electrons. The zero-order valence-corrected chi connectivity index (χ0v) is 8.94. The zero-order chi connectivity index (χ0) is 12.1. The van der Waals surface area contributed by atoms with Gasteiger partial charge < -0.3 is 10.6 Å². The van der Waals surface area contributed by atoms with Crippen molar-refractivity contribution in [1.29, 1.82) is 0 Å². The molecule has 0 aromatic heterocycles. The molecular formula is C11H13FN2O2. The minimum absolute atomic E-state index is 0.0504. The minimum atomic E-state index is -0.619. The maximum atomic E-state index is 13.3. The fraction of sp³-hybridized carbons (Fsp3) is 0.273. The summed E-state index contributed by atoms with van der Waals surface area (Å²) in [5.74, 6) is -1.75. The monoisotopic (exact) mass is 224 g/mol. The highest BCUT2D eigenvalue weighted by atomic mass is 19.1. The van der Waals surface area contributed by atoms with Crippen LogP contribution in [-0.2, 0) is 4.79 Å². The summed E-state index contributed by atoms with van der Waals surface area (Å²) in [5.41, 5.74) is 4.95. The van der Waals surface area contributed by atoms with Gasteiger partial charge in [0, 0.05) is 6.54 Å². The van der Waals surface area contributed by atoms with Crippen molar-refractivity contribution in [2.75, 3.05) is 13.1 Å². The number of carbonyl (C=O) groups excluding carboxylic acids is 2. The molecule has 0 fully saturated rings. The topological polar surface area (TPSA) is 63.4 Å². The number of benzene rings is 1. The number of likely N-dealkylation sites (N-methyl/N-ethyl adjacent to an activating group) is 1. The summed E-state index contributed by atoms with van der Waals surface area (Å²) in [6.45, 7) is 1.79. The standard InChI is InChI=1S/C11H13FN2O2/c1-2-14(7-10(13)15)11(16)8-5-3-4-6-9(8)12/h3-6H,2,7H2,1H3,(H2,13,15). The second-order valence-electron chi connectivity index (χ2n) is 3.27. The van der Waals surface area contributed by atoms with Crippen molar-refractivity contribution in [1.82, 2.24) is 4.90 Å². The normalized spacial score (nSPS) is 9.88. The summed E-state index contributed by atoms with van der Waals surface area (Å²) in [5, 5.41) is 0. The van der Waals surface area contributed by atoms with Crippen LogP contribution in [0.5, 0.6) is 0 Å². The number of nitrogens with two attached hydrogens (primary N) is 1. The van der Waals surface area contributed by atoms with E-state index in [4.69, 9.17) is 5.73 Å². The molecule has 0 unspecified atom stereocenters. The first-order valence-electron chi connectivity index (χ1n) is 4.88. The van der Waals surface area contributed by atoms with Crippen molar-refractivity contribution in [3.63, 3.8) is 0 Å². The third-order valence-electron chi connectivity index (χ3n) is 2.12. The third-order valence-corrected chi connectivity index (χ3v) is 2.12. The Morgan fingerprint density at radius 3 is 2.50 bits per heavy atom. The lowest BCUT2D eigenvalue weighted by Gasteiger charge is -2.19. The molecule has 1 aromatic rings.